The van der Waals surface area contributed by atoms with E-state index in [2.05, 4.69) is 14.2 Å². The van der Waals surface area contributed by atoms with Crippen molar-refractivity contribution in [2.45, 2.75) is 11.9 Å². The lowest BCUT2D eigenvalue weighted by Gasteiger charge is -2.01. The molecule has 0 aliphatic rings. The highest BCUT2D eigenvalue weighted by molar-refractivity contribution is 7.95. The Morgan fingerprint density at radius 3 is 3.00 bits per heavy atom. The average molecular weight is 236 g/mol. The first-order valence-corrected chi connectivity index (χ1v) is 5.20. The van der Waals surface area contributed by atoms with Gasteiger partial charge in [0.2, 0.25) is 0 Å². The summed E-state index contributed by atoms with van der Waals surface area (Å²) in [5.41, 5.74) is 2.56. The van der Waals surface area contributed by atoms with Crippen molar-refractivity contribution in [2.24, 2.45) is 0 Å². The molecule has 5 nitrogen and oxygen atoms in total. The molecule has 1 aromatic heterocycles. The van der Waals surface area contributed by atoms with Crippen LogP contribution in [-0.2, 0) is 4.18 Å². The summed E-state index contributed by atoms with van der Waals surface area (Å²) in [5.74, 6) is 0. The van der Waals surface area contributed by atoms with E-state index in [9.17, 15) is 4.79 Å². The van der Waals surface area contributed by atoms with Gasteiger partial charge in [-0.2, -0.15) is 0 Å². The van der Waals surface area contributed by atoms with Gasteiger partial charge in [0.05, 0.1) is 17.2 Å². The Morgan fingerprint density at radius 1 is 1.44 bits per heavy atom. The molecule has 0 unspecified atom stereocenters. The van der Waals surface area contributed by atoms with E-state index in [1.54, 1.807) is 0 Å². The predicted molar refractivity (Wildman–Crippen MR) is 59.2 cm³/mol. The Hall–Kier alpha value is -1.82. The van der Waals surface area contributed by atoms with Crippen molar-refractivity contribution < 1.29 is 14.1 Å². The molecule has 16 heavy (non-hydrogen) atoms. The highest BCUT2D eigenvalue weighted by atomic mass is 32.2. The number of aromatic nitrogens is 2. The van der Waals surface area contributed by atoms with Crippen LogP contribution in [0.3, 0.4) is 0 Å². The second-order valence-corrected chi connectivity index (χ2v) is 3.88. The van der Waals surface area contributed by atoms with Gasteiger partial charge < -0.3 is 9.29 Å². The van der Waals surface area contributed by atoms with Crippen LogP contribution in [0.15, 0.2) is 29.4 Å². The Balaban J connectivity index is 2.31. The second kappa shape index (κ2) is 4.36. The van der Waals surface area contributed by atoms with Gasteiger partial charge >= 0.3 is 6.16 Å². The molecule has 0 spiro atoms. The number of benzene rings is 1. The van der Waals surface area contributed by atoms with E-state index in [1.807, 2.05) is 25.1 Å². The summed E-state index contributed by atoms with van der Waals surface area (Å²) in [6.07, 6.45) is 0.127. The maximum Gasteiger partial charge on any atom is 0.518 e. The van der Waals surface area contributed by atoms with Crippen LogP contribution >= 0.6 is 12.0 Å². The van der Waals surface area contributed by atoms with Gasteiger partial charge in [-0.05, 0) is 24.6 Å². The molecule has 0 amide bonds. The topological polar surface area (TPSA) is 72.3 Å². The van der Waals surface area contributed by atoms with E-state index in [-0.39, 0.29) is 0 Å². The molecule has 6 heteroatoms. The summed E-state index contributed by atoms with van der Waals surface area (Å²) in [6.45, 7) is 1.95. The number of carbonyl (C=O) groups is 1. The molecule has 0 fully saturated rings. The number of carboxylic acid groups (broad SMARTS) is 1. The summed E-state index contributed by atoms with van der Waals surface area (Å²) in [7, 11) is 0. The van der Waals surface area contributed by atoms with Crippen molar-refractivity contribution in [3.8, 4) is 0 Å². The van der Waals surface area contributed by atoms with Crippen LogP contribution < -0.4 is 0 Å². The van der Waals surface area contributed by atoms with Crippen LogP contribution in [0.5, 0.6) is 0 Å². The fraction of sp³-hybridized carbons (Fsp3) is 0.100. The molecule has 1 N–H and O–H groups in total. The molecule has 0 bridgehead atoms. The SMILES string of the molecule is Cc1ccc2ncc(SOC(=O)O)nc2c1. The lowest BCUT2D eigenvalue weighted by molar-refractivity contribution is 0.153. The molecule has 1 aromatic carbocycles. The summed E-state index contributed by atoms with van der Waals surface area (Å²) < 4.78 is 4.34. The van der Waals surface area contributed by atoms with Gasteiger partial charge in [-0.1, -0.05) is 6.07 Å². The normalized spacial score (nSPS) is 10.3. The number of aryl methyl sites for hydroxylation is 1. The van der Waals surface area contributed by atoms with Gasteiger partial charge in [0.1, 0.15) is 12.0 Å². The van der Waals surface area contributed by atoms with E-state index >= 15 is 0 Å². The predicted octanol–water partition coefficient (Wildman–Crippen LogP) is 2.64. The zero-order chi connectivity index (χ0) is 11.5. The molecule has 2 aromatic rings. The number of nitrogens with zero attached hydrogens (tertiary/aromatic N) is 2. The lowest BCUT2D eigenvalue weighted by atomic mass is 10.2. The van der Waals surface area contributed by atoms with Gasteiger partial charge in [-0.3, -0.25) is 4.98 Å². The number of hydrogen-bond donors (Lipinski definition) is 1. The van der Waals surface area contributed by atoms with Gasteiger partial charge in [0.25, 0.3) is 0 Å². The quantitative estimate of drug-likeness (QED) is 0.808. The fourth-order valence-corrected chi connectivity index (χ4v) is 1.61. The van der Waals surface area contributed by atoms with Crippen molar-refractivity contribution >= 4 is 29.2 Å². The molecule has 0 atom stereocenters. The van der Waals surface area contributed by atoms with E-state index in [4.69, 9.17) is 5.11 Å². The maximum atomic E-state index is 10.2. The standard InChI is InChI=1S/C10H8N2O3S/c1-6-2-3-7-8(4-6)12-9(5-11-7)16-15-10(13)14/h2-5H,1H3,(H,13,14). The van der Waals surface area contributed by atoms with E-state index in [0.29, 0.717) is 17.1 Å². The minimum Gasteiger partial charge on any atom is -0.449 e. The molecule has 2 rings (SSSR count). The fourth-order valence-electron chi connectivity index (χ4n) is 1.22. The smallest absolute Gasteiger partial charge is 0.449 e. The molecule has 0 aliphatic carbocycles. The molecular formula is C10H8N2O3S. The first-order valence-electron chi connectivity index (χ1n) is 4.46. The first-order chi connectivity index (χ1) is 7.65. The summed E-state index contributed by atoms with van der Waals surface area (Å²) in [6, 6.07) is 5.69. The van der Waals surface area contributed by atoms with Crippen molar-refractivity contribution in [3.05, 3.63) is 30.0 Å². The Bertz CT molecular complexity index is 545. The third-order valence-corrected chi connectivity index (χ3v) is 2.47. The van der Waals surface area contributed by atoms with Crippen molar-refractivity contribution in [2.75, 3.05) is 0 Å². The number of fused-ring (bicyclic) bond motifs is 1. The number of rotatable bonds is 2. The molecule has 1 heterocycles. The van der Waals surface area contributed by atoms with Crippen LogP contribution in [0.4, 0.5) is 4.79 Å². The zero-order valence-corrected chi connectivity index (χ0v) is 9.19. The second-order valence-electron chi connectivity index (χ2n) is 3.13. The Kier molecular flexibility index (Phi) is 2.91. The maximum absolute atomic E-state index is 10.2. The minimum absolute atomic E-state index is 0.417. The lowest BCUT2D eigenvalue weighted by Crippen LogP contribution is -1.93. The van der Waals surface area contributed by atoms with Crippen LogP contribution in [0.2, 0.25) is 0 Å². The third kappa shape index (κ3) is 2.40. The van der Waals surface area contributed by atoms with Gasteiger partial charge in [0, 0.05) is 0 Å². The average Bonchev–Trinajstić information content (AvgIpc) is 2.25. The highest BCUT2D eigenvalue weighted by Gasteiger charge is 2.04. The highest BCUT2D eigenvalue weighted by Crippen LogP contribution is 2.19. The van der Waals surface area contributed by atoms with E-state index in [1.165, 1.54) is 6.20 Å². The van der Waals surface area contributed by atoms with E-state index < -0.39 is 6.16 Å². The van der Waals surface area contributed by atoms with Crippen LogP contribution in [0.25, 0.3) is 11.0 Å². The van der Waals surface area contributed by atoms with Crippen LogP contribution in [0.1, 0.15) is 5.56 Å². The molecular weight excluding hydrogens is 228 g/mol. The van der Waals surface area contributed by atoms with Crippen molar-refractivity contribution in [3.63, 3.8) is 0 Å². The van der Waals surface area contributed by atoms with Crippen LogP contribution in [0, 0.1) is 6.92 Å². The Labute approximate surface area is 95.7 Å². The minimum atomic E-state index is -1.35. The number of hydrogen-bond acceptors (Lipinski definition) is 5. The van der Waals surface area contributed by atoms with Crippen LogP contribution in [-0.4, -0.2) is 21.2 Å². The summed E-state index contributed by atoms with van der Waals surface area (Å²) in [5, 5.41) is 8.76. The zero-order valence-electron chi connectivity index (χ0n) is 8.38. The Morgan fingerprint density at radius 2 is 2.25 bits per heavy atom. The van der Waals surface area contributed by atoms with Crippen molar-refractivity contribution in [1.29, 1.82) is 0 Å². The monoisotopic (exact) mass is 236 g/mol. The molecule has 0 aliphatic heterocycles. The molecule has 0 saturated carbocycles. The van der Waals surface area contributed by atoms with Gasteiger partial charge in [-0.15, -0.1) is 0 Å². The summed E-state index contributed by atoms with van der Waals surface area (Å²) >= 11 is 0.676. The van der Waals surface area contributed by atoms with Crippen molar-refractivity contribution in [1.82, 2.24) is 9.97 Å². The first kappa shape index (κ1) is 10.7. The van der Waals surface area contributed by atoms with Gasteiger partial charge in [0.15, 0.2) is 5.03 Å². The summed E-state index contributed by atoms with van der Waals surface area (Å²) in [4.78, 5) is 18.6. The third-order valence-electron chi connectivity index (χ3n) is 1.87. The largest absolute Gasteiger partial charge is 0.518 e. The van der Waals surface area contributed by atoms with Gasteiger partial charge in [-0.25, -0.2) is 9.78 Å². The van der Waals surface area contributed by atoms with E-state index in [0.717, 1.165) is 16.6 Å². The molecule has 0 saturated heterocycles. The molecule has 82 valence electrons. The molecule has 0 radical (unpaired) electrons.